The molecule has 1 amide bonds. The largest absolute Gasteiger partial charge is 0.393 e. The van der Waals surface area contributed by atoms with Gasteiger partial charge in [-0.3, -0.25) is 14.9 Å². The molecule has 7 nitrogen and oxygen atoms in total. The van der Waals surface area contributed by atoms with Crippen LogP contribution in [0.3, 0.4) is 0 Å². The quantitative estimate of drug-likeness (QED) is 0.419. The number of nitrogens with one attached hydrogen (secondary N) is 1. The minimum absolute atomic E-state index is 0.181. The number of nitrogens with two attached hydrogens (primary N) is 1. The number of amides is 1. The van der Waals surface area contributed by atoms with Crippen molar-refractivity contribution in [3.63, 3.8) is 0 Å². The number of carbonyl (C=O) groups excluding carboxylic acids is 1. The van der Waals surface area contributed by atoms with E-state index in [-0.39, 0.29) is 11.3 Å². The van der Waals surface area contributed by atoms with E-state index in [1.807, 2.05) is 24.3 Å². The average Bonchev–Trinajstić information content (AvgIpc) is 3.00. The van der Waals surface area contributed by atoms with Crippen LogP contribution in [0.15, 0.2) is 36.4 Å². The van der Waals surface area contributed by atoms with Crippen molar-refractivity contribution in [2.45, 2.75) is 13.0 Å². The number of H-pyrrole nitrogens is 1. The monoisotopic (exact) mass is 354 g/mol. The number of aromatic nitrogens is 1. The highest BCUT2D eigenvalue weighted by molar-refractivity contribution is 6.01. The summed E-state index contributed by atoms with van der Waals surface area (Å²) in [5.74, 6) is -1.37. The van der Waals surface area contributed by atoms with Crippen LogP contribution >= 0.6 is 0 Å². The number of aromatic amines is 1. The molecule has 132 valence electrons. The summed E-state index contributed by atoms with van der Waals surface area (Å²) in [5, 5.41) is 12.1. The van der Waals surface area contributed by atoms with Gasteiger partial charge in [0.05, 0.1) is 16.6 Å². The number of nitro groups is 1. The van der Waals surface area contributed by atoms with Crippen LogP contribution in [-0.2, 0) is 13.0 Å². The van der Waals surface area contributed by atoms with Crippen molar-refractivity contribution < 1.29 is 14.1 Å². The Hall–Kier alpha value is -3.42. The number of rotatable bonds is 2. The number of benzene rings is 2. The van der Waals surface area contributed by atoms with Crippen molar-refractivity contribution in [3.05, 3.63) is 69.2 Å². The van der Waals surface area contributed by atoms with Gasteiger partial charge < -0.3 is 15.6 Å². The third-order valence-electron chi connectivity index (χ3n) is 4.72. The molecule has 4 rings (SSSR count). The van der Waals surface area contributed by atoms with E-state index < -0.39 is 22.3 Å². The minimum Gasteiger partial charge on any atom is -0.393 e. The number of hydrogen-bond donors (Lipinski definition) is 2. The molecule has 3 N–H and O–H groups in total. The van der Waals surface area contributed by atoms with Gasteiger partial charge in [-0.1, -0.05) is 18.2 Å². The van der Waals surface area contributed by atoms with Gasteiger partial charge in [-0.25, -0.2) is 4.39 Å². The molecule has 26 heavy (non-hydrogen) atoms. The Morgan fingerprint density at radius 1 is 1.31 bits per heavy atom. The molecule has 3 aromatic rings. The lowest BCUT2D eigenvalue weighted by molar-refractivity contribution is -0.384. The van der Waals surface area contributed by atoms with Gasteiger partial charge in [0, 0.05) is 41.7 Å². The first-order valence-electron chi connectivity index (χ1n) is 8.07. The van der Waals surface area contributed by atoms with Crippen molar-refractivity contribution in [1.82, 2.24) is 9.88 Å². The lowest BCUT2D eigenvalue weighted by Crippen LogP contribution is -2.36. The summed E-state index contributed by atoms with van der Waals surface area (Å²) in [6.45, 7) is 0.754. The van der Waals surface area contributed by atoms with Gasteiger partial charge in [-0.05, 0) is 12.1 Å². The third-order valence-corrected chi connectivity index (χ3v) is 4.72. The zero-order chi connectivity index (χ0) is 18.4. The maximum Gasteiger partial charge on any atom is 0.295 e. The second-order valence-corrected chi connectivity index (χ2v) is 6.25. The summed E-state index contributed by atoms with van der Waals surface area (Å²) in [6.07, 6.45) is 0.618. The summed E-state index contributed by atoms with van der Waals surface area (Å²) in [6, 6.07) is 9.47. The zero-order valence-electron chi connectivity index (χ0n) is 13.7. The van der Waals surface area contributed by atoms with E-state index in [1.165, 1.54) is 4.90 Å². The zero-order valence-corrected chi connectivity index (χ0v) is 13.7. The van der Waals surface area contributed by atoms with Crippen molar-refractivity contribution in [1.29, 1.82) is 0 Å². The number of fused-ring (bicyclic) bond motifs is 3. The molecular weight excluding hydrogens is 339 g/mol. The van der Waals surface area contributed by atoms with E-state index >= 15 is 0 Å². The molecule has 1 aromatic heterocycles. The van der Waals surface area contributed by atoms with Crippen molar-refractivity contribution in [2.75, 3.05) is 12.3 Å². The van der Waals surface area contributed by atoms with Gasteiger partial charge in [0.15, 0.2) is 0 Å². The summed E-state index contributed by atoms with van der Waals surface area (Å²) < 4.78 is 13.8. The molecule has 0 atom stereocenters. The van der Waals surface area contributed by atoms with E-state index in [2.05, 4.69) is 4.98 Å². The van der Waals surface area contributed by atoms with E-state index in [0.29, 0.717) is 19.5 Å². The topological polar surface area (TPSA) is 105 Å². The molecular formula is C18H15FN4O3. The molecule has 8 heteroatoms. The Kier molecular flexibility index (Phi) is 3.61. The fourth-order valence-electron chi connectivity index (χ4n) is 3.44. The van der Waals surface area contributed by atoms with Gasteiger partial charge in [0.1, 0.15) is 11.5 Å². The highest BCUT2D eigenvalue weighted by Crippen LogP contribution is 2.31. The van der Waals surface area contributed by atoms with Crippen molar-refractivity contribution in [3.8, 4) is 0 Å². The Morgan fingerprint density at radius 2 is 2.08 bits per heavy atom. The molecule has 2 heterocycles. The first-order valence-corrected chi connectivity index (χ1v) is 8.07. The predicted molar refractivity (Wildman–Crippen MR) is 94.2 cm³/mol. The van der Waals surface area contributed by atoms with Gasteiger partial charge in [-0.15, -0.1) is 0 Å². The SMILES string of the molecule is Nc1c(C(=O)N2CCc3[nH]c4ccccc4c3C2)cc(F)cc1[N+](=O)[O-]. The summed E-state index contributed by atoms with van der Waals surface area (Å²) in [4.78, 5) is 28.0. The van der Waals surface area contributed by atoms with Gasteiger partial charge in [0.2, 0.25) is 0 Å². The van der Waals surface area contributed by atoms with E-state index in [4.69, 9.17) is 5.73 Å². The molecule has 0 unspecified atom stereocenters. The fourth-order valence-corrected chi connectivity index (χ4v) is 3.44. The highest BCUT2D eigenvalue weighted by Gasteiger charge is 2.28. The number of para-hydroxylation sites is 1. The molecule has 1 aliphatic heterocycles. The second-order valence-electron chi connectivity index (χ2n) is 6.25. The van der Waals surface area contributed by atoms with Crippen LogP contribution in [0.4, 0.5) is 15.8 Å². The second kappa shape index (κ2) is 5.83. The summed E-state index contributed by atoms with van der Waals surface area (Å²) in [7, 11) is 0. The molecule has 0 aliphatic carbocycles. The van der Waals surface area contributed by atoms with E-state index in [9.17, 15) is 19.3 Å². The maximum atomic E-state index is 13.8. The molecule has 1 aliphatic rings. The molecule has 0 spiro atoms. The van der Waals surface area contributed by atoms with Crippen LogP contribution in [0.5, 0.6) is 0 Å². The van der Waals surface area contributed by atoms with Crippen molar-refractivity contribution >= 4 is 28.2 Å². The number of carbonyl (C=O) groups is 1. The Bertz CT molecular complexity index is 1060. The lowest BCUT2D eigenvalue weighted by atomic mass is 10.0. The number of anilines is 1. The van der Waals surface area contributed by atoms with Crippen LogP contribution in [0, 0.1) is 15.9 Å². The Balaban J connectivity index is 1.71. The number of halogens is 1. The minimum atomic E-state index is -0.862. The summed E-state index contributed by atoms with van der Waals surface area (Å²) >= 11 is 0. The van der Waals surface area contributed by atoms with Gasteiger partial charge in [0.25, 0.3) is 11.6 Å². The lowest BCUT2D eigenvalue weighted by Gasteiger charge is -2.27. The molecule has 0 saturated carbocycles. The average molecular weight is 354 g/mol. The van der Waals surface area contributed by atoms with Gasteiger partial charge in [-0.2, -0.15) is 0 Å². The predicted octanol–water partition coefficient (Wildman–Crippen LogP) is 3.00. The Labute approximate surface area is 147 Å². The molecule has 0 fully saturated rings. The normalized spacial score (nSPS) is 13.7. The van der Waals surface area contributed by atoms with Crippen LogP contribution < -0.4 is 5.73 Å². The number of hydrogen-bond acceptors (Lipinski definition) is 4. The number of nitrogen functional groups attached to an aromatic ring is 1. The van der Waals surface area contributed by atoms with Crippen molar-refractivity contribution in [2.24, 2.45) is 0 Å². The van der Waals surface area contributed by atoms with Crippen LogP contribution in [0.1, 0.15) is 21.6 Å². The smallest absolute Gasteiger partial charge is 0.295 e. The molecule has 0 radical (unpaired) electrons. The Morgan fingerprint density at radius 3 is 2.85 bits per heavy atom. The van der Waals surface area contributed by atoms with Crippen LogP contribution in [0.2, 0.25) is 0 Å². The number of nitrogens with zero attached hydrogens (tertiary/aromatic N) is 2. The molecule has 2 aromatic carbocycles. The molecule has 0 saturated heterocycles. The maximum absolute atomic E-state index is 13.8. The standard InChI is InChI=1S/C18H15FN4O3/c19-10-7-12(17(20)16(8-10)23(25)26)18(24)22-6-5-15-13(9-22)11-3-1-2-4-14(11)21-15/h1-4,7-8,21H,5-6,9,20H2. The summed E-state index contributed by atoms with van der Waals surface area (Å²) in [5.41, 5.74) is 7.73. The number of nitro benzene ring substituents is 1. The van der Waals surface area contributed by atoms with Gasteiger partial charge >= 0.3 is 0 Å². The van der Waals surface area contributed by atoms with Crippen LogP contribution in [-0.4, -0.2) is 27.3 Å². The fraction of sp³-hybridized carbons (Fsp3) is 0.167. The highest BCUT2D eigenvalue weighted by atomic mass is 19.1. The van der Waals surface area contributed by atoms with E-state index in [0.717, 1.165) is 34.3 Å². The van der Waals surface area contributed by atoms with Crippen LogP contribution in [0.25, 0.3) is 10.9 Å². The first kappa shape index (κ1) is 16.1. The first-order chi connectivity index (χ1) is 12.5. The van der Waals surface area contributed by atoms with E-state index in [1.54, 1.807) is 0 Å². The molecule has 0 bridgehead atoms. The third kappa shape index (κ3) is 2.46.